The first-order chi connectivity index (χ1) is 13.7. The lowest BCUT2D eigenvalue weighted by molar-refractivity contribution is 0.187. The lowest BCUT2D eigenvalue weighted by Crippen LogP contribution is -2.30. The van der Waals surface area contributed by atoms with Crippen molar-refractivity contribution in [2.45, 2.75) is 19.3 Å². The largest absolute Gasteiger partial charge is 0.494 e. The van der Waals surface area contributed by atoms with Crippen molar-refractivity contribution in [3.8, 4) is 16.3 Å². The molecule has 28 heavy (non-hydrogen) atoms. The molecule has 3 heterocycles. The monoisotopic (exact) mass is 460 g/mol. The summed E-state index contributed by atoms with van der Waals surface area (Å²) in [5.74, 6) is 2.52. The number of thiophene rings is 1. The molecule has 2 aromatic heterocycles. The average Bonchev–Trinajstić information content (AvgIpc) is 3.34. The highest BCUT2D eigenvalue weighted by Gasteiger charge is 2.16. The zero-order valence-corrected chi connectivity index (χ0v) is 18.4. The van der Waals surface area contributed by atoms with Crippen LogP contribution in [0.15, 0.2) is 46.3 Å². The van der Waals surface area contributed by atoms with E-state index in [9.17, 15) is 0 Å². The van der Waals surface area contributed by atoms with E-state index in [0.717, 1.165) is 50.6 Å². The van der Waals surface area contributed by atoms with Crippen LogP contribution >= 0.6 is 27.3 Å². The molecule has 1 saturated heterocycles. The van der Waals surface area contributed by atoms with Gasteiger partial charge in [0.05, 0.1) is 21.0 Å². The molecule has 0 atom stereocenters. The second kappa shape index (κ2) is 9.11. The van der Waals surface area contributed by atoms with Crippen molar-refractivity contribution in [2.75, 3.05) is 32.1 Å². The van der Waals surface area contributed by atoms with Gasteiger partial charge in [-0.05, 0) is 97.6 Å². The lowest BCUT2D eigenvalue weighted by Gasteiger charge is -2.28. The molecule has 7 heteroatoms. The summed E-state index contributed by atoms with van der Waals surface area (Å²) >= 11 is 5.17. The van der Waals surface area contributed by atoms with Crippen molar-refractivity contribution < 1.29 is 4.74 Å². The Kier molecular flexibility index (Phi) is 6.34. The maximum Gasteiger partial charge on any atom is 0.152 e. The molecule has 148 valence electrons. The van der Waals surface area contributed by atoms with Gasteiger partial charge in [0.2, 0.25) is 0 Å². The highest BCUT2D eigenvalue weighted by atomic mass is 79.9. The van der Waals surface area contributed by atoms with Crippen molar-refractivity contribution in [1.29, 1.82) is 0 Å². The number of likely N-dealkylation sites (tertiary alicyclic amines) is 1. The van der Waals surface area contributed by atoms with Crippen molar-refractivity contribution in [2.24, 2.45) is 5.92 Å². The maximum atomic E-state index is 5.94. The first kappa shape index (κ1) is 19.5. The molecule has 0 saturated carbocycles. The fraction of sp³-hybridized carbons (Fsp3) is 0.381. The van der Waals surface area contributed by atoms with Crippen LogP contribution in [0.4, 0.5) is 11.5 Å². The first-order valence-electron chi connectivity index (χ1n) is 9.65. The normalized spacial score (nSPS) is 15.6. The number of hydrogen-bond donors (Lipinski definition) is 2. The Morgan fingerprint density at radius 3 is 2.71 bits per heavy atom. The molecule has 1 fully saturated rings. The third-order valence-electron chi connectivity index (χ3n) is 5.18. The van der Waals surface area contributed by atoms with Crippen LogP contribution in [-0.2, 0) is 0 Å². The number of aromatic nitrogens is 2. The third kappa shape index (κ3) is 5.16. The number of ether oxygens (including phenoxy) is 1. The van der Waals surface area contributed by atoms with Gasteiger partial charge in [0, 0.05) is 11.8 Å². The molecule has 1 aromatic carbocycles. The minimum absolute atomic E-state index is 0.792. The summed E-state index contributed by atoms with van der Waals surface area (Å²) in [7, 11) is 2.20. The van der Waals surface area contributed by atoms with E-state index in [1.165, 1.54) is 25.9 Å². The van der Waals surface area contributed by atoms with Gasteiger partial charge in [0.25, 0.3) is 0 Å². The Labute approximate surface area is 178 Å². The standard InChI is InChI=1S/C21H25BrN4OS/c1-26-11-8-15(9-12-26)10-13-27-17-4-2-16(3-5-17)23-21-14-18(24-25-21)19-6-7-20(22)28-19/h2-7,14-15H,8-13H2,1H3,(H2,23,24,25). The molecule has 4 rings (SSSR count). The Morgan fingerprint density at radius 2 is 2.00 bits per heavy atom. The van der Waals surface area contributed by atoms with Gasteiger partial charge in [-0.25, -0.2) is 0 Å². The average molecular weight is 461 g/mol. The van der Waals surface area contributed by atoms with Gasteiger partial charge in [-0.3, -0.25) is 5.10 Å². The Balaban J connectivity index is 1.26. The number of aromatic amines is 1. The van der Waals surface area contributed by atoms with E-state index < -0.39 is 0 Å². The number of nitrogens with one attached hydrogen (secondary N) is 2. The zero-order chi connectivity index (χ0) is 19.3. The summed E-state index contributed by atoms with van der Waals surface area (Å²) in [6, 6.07) is 14.2. The van der Waals surface area contributed by atoms with Crippen LogP contribution < -0.4 is 10.1 Å². The van der Waals surface area contributed by atoms with Gasteiger partial charge in [0.15, 0.2) is 5.82 Å². The molecular weight excluding hydrogens is 436 g/mol. The second-order valence-corrected chi connectivity index (χ2v) is 9.77. The summed E-state index contributed by atoms with van der Waals surface area (Å²) in [5, 5.41) is 10.8. The van der Waals surface area contributed by atoms with E-state index in [1.807, 2.05) is 36.4 Å². The van der Waals surface area contributed by atoms with Crippen LogP contribution in [0.3, 0.4) is 0 Å². The predicted molar refractivity (Wildman–Crippen MR) is 120 cm³/mol. The summed E-state index contributed by atoms with van der Waals surface area (Å²) in [6.07, 6.45) is 3.72. The van der Waals surface area contributed by atoms with E-state index in [4.69, 9.17) is 4.74 Å². The van der Waals surface area contributed by atoms with E-state index in [2.05, 4.69) is 49.5 Å². The van der Waals surface area contributed by atoms with E-state index >= 15 is 0 Å². The smallest absolute Gasteiger partial charge is 0.152 e. The van der Waals surface area contributed by atoms with Crippen LogP contribution in [0.25, 0.3) is 10.6 Å². The minimum Gasteiger partial charge on any atom is -0.494 e. The highest BCUT2D eigenvalue weighted by molar-refractivity contribution is 9.11. The molecule has 2 N–H and O–H groups in total. The van der Waals surface area contributed by atoms with Gasteiger partial charge in [-0.1, -0.05) is 0 Å². The number of hydrogen-bond acceptors (Lipinski definition) is 5. The van der Waals surface area contributed by atoms with Crippen LogP contribution in [0.5, 0.6) is 5.75 Å². The van der Waals surface area contributed by atoms with Crippen LogP contribution in [0, 0.1) is 5.92 Å². The fourth-order valence-electron chi connectivity index (χ4n) is 3.45. The molecule has 0 unspecified atom stereocenters. The van der Waals surface area contributed by atoms with Gasteiger partial charge in [-0.2, -0.15) is 5.10 Å². The van der Waals surface area contributed by atoms with Crippen LogP contribution in [-0.4, -0.2) is 41.8 Å². The Bertz CT molecular complexity index is 884. The molecular formula is C21H25BrN4OS. The van der Waals surface area contributed by atoms with Gasteiger partial charge in [0.1, 0.15) is 5.75 Å². The van der Waals surface area contributed by atoms with Crippen LogP contribution in [0.1, 0.15) is 19.3 Å². The predicted octanol–water partition coefficient (Wildman–Crippen LogP) is 5.76. The molecule has 0 spiro atoms. The Hall–Kier alpha value is -1.83. The number of anilines is 2. The number of H-pyrrole nitrogens is 1. The van der Waals surface area contributed by atoms with E-state index in [0.29, 0.717) is 0 Å². The quantitative estimate of drug-likeness (QED) is 0.470. The van der Waals surface area contributed by atoms with Crippen molar-refractivity contribution in [1.82, 2.24) is 15.1 Å². The summed E-state index contributed by atoms with van der Waals surface area (Å²) in [4.78, 5) is 3.56. The topological polar surface area (TPSA) is 53.2 Å². The Morgan fingerprint density at radius 1 is 1.21 bits per heavy atom. The summed E-state index contributed by atoms with van der Waals surface area (Å²) in [5.41, 5.74) is 2.00. The molecule has 0 radical (unpaired) electrons. The fourth-order valence-corrected chi connectivity index (χ4v) is 4.80. The number of benzene rings is 1. The minimum atomic E-state index is 0.792. The highest BCUT2D eigenvalue weighted by Crippen LogP contribution is 2.31. The number of nitrogens with zero attached hydrogens (tertiary/aromatic N) is 2. The SMILES string of the molecule is CN1CCC(CCOc2ccc(Nc3cc(-c4ccc(Br)s4)[nH]n3)cc2)CC1. The second-order valence-electron chi connectivity index (χ2n) is 7.30. The van der Waals surface area contributed by atoms with E-state index in [-0.39, 0.29) is 0 Å². The van der Waals surface area contributed by atoms with Gasteiger partial charge < -0.3 is 15.0 Å². The van der Waals surface area contributed by atoms with Crippen molar-refractivity contribution in [3.63, 3.8) is 0 Å². The zero-order valence-electron chi connectivity index (χ0n) is 16.0. The van der Waals surface area contributed by atoms with Crippen LogP contribution in [0.2, 0.25) is 0 Å². The molecule has 5 nitrogen and oxygen atoms in total. The molecule has 1 aliphatic rings. The molecule has 0 aliphatic carbocycles. The van der Waals surface area contributed by atoms with Gasteiger partial charge in [-0.15, -0.1) is 11.3 Å². The number of halogens is 1. The van der Waals surface area contributed by atoms with E-state index in [1.54, 1.807) is 11.3 Å². The molecule has 0 amide bonds. The van der Waals surface area contributed by atoms with Crippen molar-refractivity contribution >= 4 is 38.8 Å². The molecule has 3 aromatic rings. The third-order valence-corrected chi connectivity index (χ3v) is 6.83. The van der Waals surface area contributed by atoms with Gasteiger partial charge >= 0.3 is 0 Å². The summed E-state index contributed by atoms with van der Waals surface area (Å²) < 4.78 is 7.05. The first-order valence-corrected chi connectivity index (χ1v) is 11.3. The number of piperidine rings is 1. The molecule has 1 aliphatic heterocycles. The maximum absolute atomic E-state index is 5.94. The van der Waals surface area contributed by atoms with Crippen molar-refractivity contribution in [3.05, 3.63) is 46.3 Å². The molecule has 0 bridgehead atoms. The lowest BCUT2D eigenvalue weighted by atomic mass is 9.94. The summed E-state index contributed by atoms with van der Waals surface area (Å²) in [6.45, 7) is 3.22. The number of rotatable bonds is 7.